The van der Waals surface area contributed by atoms with E-state index in [0.717, 1.165) is 0 Å². The molecule has 21 heavy (non-hydrogen) atoms. The minimum absolute atomic E-state index is 0.246. The molecule has 0 heterocycles. The van der Waals surface area contributed by atoms with Crippen molar-refractivity contribution in [2.75, 3.05) is 0 Å². The topological polar surface area (TPSA) is 103 Å². The lowest BCUT2D eigenvalue weighted by atomic mass is 9.60. The number of hydrogen-bond donors (Lipinski definition) is 0. The smallest absolute Gasteiger partial charge is 0.263 e. The van der Waals surface area contributed by atoms with Crippen molar-refractivity contribution >= 4 is 5.78 Å². The highest BCUT2D eigenvalue weighted by Crippen LogP contribution is 2.54. The van der Waals surface area contributed by atoms with Crippen molar-refractivity contribution in [3.8, 4) is 0 Å². The number of rotatable bonds is 3. The Kier molecular flexibility index (Phi) is 4.09. The summed E-state index contributed by atoms with van der Waals surface area (Å²) in [6.45, 7) is 9.43. The lowest BCUT2D eigenvalue weighted by Gasteiger charge is -2.39. The maximum atomic E-state index is 11.7. The molecule has 7 nitrogen and oxygen atoms in total. The number of nitro groups is 2. The molecular weight excluding hydrogens is 276 g/mol. The second kappa shape index (κ2) is 5.05. The molecule has 0 N–H and O–H groups in total. The van der Waals surface area contributed by atoms with Gasteiger partial charge in [0.2, 0.25) is 0 Å². The standard InChI is InChI=1S/C14H20N2O5/c1-8-10(9(2)17)7-11(15(18)19)14(6,13(3,4)5)12(8)16(20)21/h7,10H,1-6H3. The fraction of sp³-hybridized carbons (Fsp3) is 0.643. The average Bonchev–Trinajstić information content (AvgIpc) is 2.25. The molecule has 0 bridgehead atoms. The van der Waals surface area contributed by atoms with Crippen molar-refractivity contribution in [3.63, 3.8) is 0 Å². The zero-order valence-electron chi connectivity index (χ0n) is 13.1. The van der Waals surface area contributed by atoms with Crippen LogP contribution in [0.5, 0.6) is 0 Å². The summed E-state index contributed by atoms with van der Waals surface area (Å²) in [7, 11) is 0. The fourth-order valence-corrected chi connectivity index (χ4v) is 2.84. The van der Waals surface area contributed by atoms with Gasteiger partial charge in [-0.15, -0.1) is 0 Å². The molecule has 0 amide bonds. The van der Waals surface area contributed by atoms with E-state index in [1.54, 1.807) is 20.8 Å². The van der Waals surface area contributed by atoms with E-state index in [1.807, 2.05) is 0 Å². The number of Topliss-reactive ketones (excluding diaryl/α,β-unsaturated/α-hetero) is 1. The second-order valence-electron chi connectivity index (χ2n) is 6.56. The average molecular weight is 296 g/mol. The minimum atomic E-state index is -1.38. The van der Waals surface area contributed by atoms with Crippen LogP contribution in [0.4, 0.5) is 0 Å². The van der Waals surface area contributed by atoms with Gasteiger partial charge in [-0.2, -0.15) is 0 Å². The molecule has 0 aliphatic heterocycles. The first-order valence-electron chi connectivity index (χ1n) is 6.58. The summed E-state index contributed by atoms with van der Waals surface area (Å²) in [5, 5.41) is 23.0. The van der Waals surface area contributed by atoms with Crippen molar-refractivity contribution in [1.82, 2.24) is 0 Å². The van der Waals surface area contributed by atoms with Crippen LogP contribution in [0.15, 0.2) is 23.0 Å². The Labute approximate surface area is 123 Å². The lowest BCUT2D eigenvalue weighted by Crippen LogP contribution is -2.45. The Morgan fingerprint density at radius 3 is 2.00 bits per heavy atom. The Bertz CT molecular complexity index is 583. The minimum Gasteiger partial charge on any atom is -0.299 e. The SMILES string of the molecule is CC(=O)C1C=C([N+](=O)[O-])C(C)(C(C)(C)C)C([N+](=O)[O-])=C1C. The van der Waals surface area contributed by atoms with E-state index in [4.69, 9.17) is 0 Å². The van der Waals surface area contributed by atoms with Gasteiger partial charge in [0.05, 0.1) is 15.8 Å². The number of nitrogens with zero attached hydrogens (tertiary/aromatic N) is 2. The van der Waals surface area contributed by atoms with Crippen LogP contribution in [0.25, 0.3) is 0 Å². The first-order valence-corrected chi connectivity index (χ1v) is 6.58. The summed E-state index contributed by atoms with van der Waals surface area (Å²) < 4.78 is 0. The lowest BCUT2D eigenvalue weighted by molar-refractivity contribution is -0.479. The first-order chi connectivity index (χ1) is 9.35. The Morgan fingerprint density at radius 1 is 1.24 bits per heavy atom. The van der Waals surface area contributed by atoms with Gasteiger partial charge in [-0.3, -0.25) is 25.0 Å². The second-order valence-corrected chi connectivity index (χ2v) is 6.56. The molecule has 0 saturated heterocycles. The Morgan fingerprint density at radius 2 is 1.71 bits per heavy atom. The molecule has 2 atom stereocenters. The van der Waals surface area contributed by atoms with Crippen LogP contribution in [0.3, 0.4) is 0 Å². The van der Waals surface area contributed by atoms with Crippen molar-refractivity contribution < 1.29 is 14.6 Å². The van der Waals surface area contributed by atoms with Gasteiger partial charge in [-0.05, 0) is 26.2 Å². The van der Waals surface area contributed by atoms with Crippen LogP contribution in [0.2, 0.25) is 0 Å². The molecule has 1 aliphatic carbocycles. The Balaban J connectivity index is 3.81. The highest BCUT2D eigenvalue weighted by atomic mass is 16.6. The predicted molar refractivity (Wildman–Crippen MR) is 76.5 cm³/mol. The number of carbonyl (C=O) groups excluding carboxylic acids is 1. The third kappa shape index (κ3) is 2.48. The van der Waals surface area contributed by atoms with Crippen LogP contribution < -0.4 is 0 Å². The highest BCUT2D eigenvalue weighted by Gasteiger charge is 2.60. The maximum Gasteiger partial charge on any atom is 0.263 e. The van der Waals surface area contributed by atoms with E-state index in [1.165, 1.54) is 26.8 Å². The molecule has 0 aromatic carbocycles. The van der Waals surface area contributed by atoms with E-state index >= 15 is 0 Å². The maximum absolute atomic E-state index is 11.7. The number of carbonyl (C=O) groups is 1. The van der Waals surface area contributed by atoms with E-state index in [-0.39, 0.29) is 22.8 Å². The molecule has 0 saturated carbocycles. The van der Waals surface area contributed by atoms with Crippen LogP contribution in [0.1, 0.15) is 41.5 Å². The first kappa shape index (κ1) is 17.0. The van der Waals surface area contributed by atoms with Gasteiger partial charge in [0, 0.05) is 11.6 Å². The molecule has 116 valence electrons. The summed E-state index contributed by atoms with van der Waals surface area (Å²) in [6, 6.07) is 0. The van der Waals surface area contributed by atoms with E-state index in [9.17, 15) is 25.0 Å². The number of hydrogen-bond acceptors (Lipinski definition) is 5. The van der Waals surface area contributed by atoms with Gasteiger partial charge >= 0.3 is 0 Å². The summed E-state index contributed by atoms with van der Waals surface area (Å²) in [6.07, 6.45) is 1.26. The molecule has 0 radical (unpaired) electrons. The zero-order valence-corrected chi connectivity index (χ0v) is 13.1. The molecule has 1 aliphatic rings. The zero-order chi connectivity index (χ0) is 16.7. The Hall–Kier alpha value is -2.05. The summed E-state index contributed by atoms with van der Waals surface area (Å²) >= 11 is 0. The van der Waals surface area contributed by atoms with Gasteiger partial charge in [0.25, 0.3) is 11.4 Å². The number of allylic oxidation sites excluding steroid dienone is 2. The number of ketones is 1. The van der Waals surface area contributed by atoms with Crippen molar-refractivity contribution in [2.24, 2.45) is 16.7 Å². The molecule has 2 unspecified atom stereocenters. The molecule has 0 aromatic rings. The predicted octanol–water partition coefficient (Wildman–Crippen LogP) is 2.97. The van der Waals surface area contributed by atoms with Crippen molar-refractivity contribution in [3.05, 3.63) is 43.3 Å². The largest absolute Gasteiger partial charge is 0.299 e. The van der Waals surface area contributed by atoms with Gasteiger partial charge in [-0.1, -0.05) is 20.8 Å². The van der Waals surface area contributed by atoms with Crippen LogP contribution in [-0.4, -0.2) is 15.6 Å². The van der Waals surface area contributed by atoms with Crippen LogP contribution in [-0.2, 0) is 4.79 Å². The van der Waals surface area contributed by atoms with E-state index < -0.39 is 26.6 Å². The van der Waals surface area contributed by atoms with Crippen molar-refractivity contribution in [2.45, 2.75) is 41.5 Å². The van der Waals surface area contributed by atoms with Crippen molar-refractivity contribution in [1.29, 1.82) is 0 Å². The fourth-order valence-electron chi connectivity index (χ4n) is 2.84. The normalized spacial score (nSPS) is 26.4. The summed E-state index contributed by atoms with van der Waals surface area (Å²) in [5.74, 6) is -1.26. The van der Waals surface area contributed by atoms with Gasteiger partial charge in [0.1, 0.15) is 5.78 Å². The molecule has 1 rings (SSSR count). The van der Waals surface area contributed by atoms with E-state index in [2.05, 4.69) is 0 Å². The van der Waals surface area contributed by atoms with E-state index in [0.29, 0.717) is 0 Å². The molecular formula is C14H20N2O5. The monoisotopic (exact) mass is 296 g/mol. The van der Waals surface area contributed by atoms with Crippen LogP contribution in [0, 0.1) is 37.0 Å². The summed E-state index contributed by atoms with van der Waals surface area (Å²) in [4.78, 5) is 33.5. The third-order valence-electron chi connectivity index (χ3n) is 4.47. The molecule has 0 aromatic heterocycles. The van der Waals surface area contributed by atoms with Gasteiger partial charge < -0.3 is 0 Å². The molecule has 0 fully saturated rings. The third-order valence-corrected chi connectivity index (χ3v) is 4.47. The molecule has 0 spiro atoms. The highest BCUT2D eigenvalue weighted by molar-refractivity contribution is 5.83. The quantitative estimate of drug-likeness (QED) is 0.588. The van der Waals surface area contributed by atoms with Crippen LogP contribution >= 0.6 is 0 Å². The molecule has 7 heteroatoms. The van der Waals surface area contributed by atoms with Gasteiger partial charge in [-0.25, -0.2) is 0 Å². The summed E-state index contributed by atoms with van der Waals surface area (Å²) in [5.41, 5.74) is -2.39. The van der Waals surface area contributed by atoms with Gasteiger partial charge in [0.15, 0.2) is 5.41 Å².